The number of hydrogen-bond acceptors (Lipinski definition) is 7. The molecule has 178 valence electrons. The van der Waals surface area contributed by atoms with Crippen LogP contribution in [-0.4, -0.2) is 34.0 Å². The number of unbranched alkanes of at least 4 members (excludes halogenated alkanes) is 1. The quantitative estimate of drug-likeness (QED) is 0.323. The summed E-state index contributed by atoms with van der Waals surface area (Å²) in [6, 6.07) is 12.9. The first-order valence-electron chi connectivity index (χ1n) is 10.7. The van der Waals surface area contributed by atoms with Gasteiger partial charge in [0.05, 0.1) is 17.0 Å². The summed E-state index contributed by atoms with van der Waals surface area (Å²) in [5, 5.41) is 14.1. The van der Waals surface area contributed by atoms with Gasteiger partial charge >= 0.3 is 5.69 Å². The number of nitrogens with zero attached hydrogens (tertiary/aromatic N) is 3. The fourth-order valence-corrected chi connectivity index (χ4v) is 3.58. The molecule has 3 aromatic rings. The molecule has 0 aliphatic carbocycles. The first kappa shape index (κ1) is 24.2. The molecule has 0 radical (unpaired) electrons. The van der Waals surface area contributed by atoms with Crippen molar-refractivity contribution in [2.24, 2.45) is 0 Å². The Morgan fingerprint density at radius 1 is 1.21 bits per heavy atom. The van der Waals surface area contributed by atoms with E-state index < -0.39 is 22.1 Å². The summed E-state index contributed by atoms with van der Waals surface area (Å²) >= 11 is 0. The molecule has 1 amide bonds. The molecule has 0 aliphatic rings. The zero-order valence-corrected chi connectivity index (χ0v) is 18.9. The second-order valence-corrected chi connectivity index (χ2v) is 7.61. The standard InChI is InChI=1S/C23H26N6O5/c1-3-4-12-27(22(31)17-13-16(29(33)34)10-11-18(17)25-2)19-20(24)28(23(32)26-21(19)30)14-15-8-6-5-7-9-15/h5-11,13,25H,3-4,12,14,24H2,1-2H3,(H,26,30,32). The lowest BCUT2D eigenvalue weighted by atomic mass is 10.1. The Kier molecular flexibility index (Phi) is 7.46. The number of hydrogen-bond donors (Lipinski definition) is 3. The third kappa shape index (κ3) is 4.98. The van der Waals surface area contributed by atoms with Crippen LogP contribution < -0.4 is 27.2 Å². The second-order valence-electron chi connectivity index (χ2n) is 7.61. The van der Waals surface area contributed by atoms with Crippen LogP contribution in [-0.2, 0) is 6.54 Å². The summed E-state index contributed by atoms with van der Waals surface area (Å²) in [6.45, 7) is 2.13. The number of nitrogens with one attached hydrogen (secondary N) is 2. The van der Waals surface area contributed by atoms with E-state index in [0.29, 0.717) is 18.5 Å². The Morgan fingerprint density at radius 2 is 1.91 bits per heavy atom. The number of carbonyl (C=O) groups excluding carboxylic acids is 1. The molecule has 3 rings (SSSR count). The van der Waals surface area contributed by atoms with Gasteiger partial charge < -0.3 is 16.0 Å². The van der Waals surface area contributed by atoms with E-state index in [1.54, 1.807) is 19.2 Å². The van der Waals surface area contributed by atoms with Crippen molar-refractivity contribution >= 4 is 28.8 Å². The molecule has 0 saturated heterocycles. The van der Waals surface area contributed by atoms with E-state index in [1.165, 1.54) is 21.6 Å². The SMILES string of the molecule is CCCCN(C(=O)c1cc([N+](=O)[O-])ccc1NC)c1c(N)n(Cc2ccccc2)c(=O)[nH]c1=O. The number of carbonyl (C=O) groups is 1. The maximum absolute atomic E-state index is 13.6. The van der Waals surface area contributed by atoms with Gasteiger partial charge in [-0.3, -0.25) is 29.3 Å². The number of H-pyrrole nitrogens is 1. The molecule has 11 nitrogen and oxygen atoms in total. The zero-order valence-electron chi connectivity index (χ0n) is 18.9. The van der Waals surface area contributed by atoms with Gasteiger partial charge in [0.25, 0.3) is 17.2 Å². The highest BCUT2D eigenvalue weighted by molar-refractivity contribution is 6.10. The number of anilines is 3. The van der Waals surface area contributed by atoms with Gasteiger partial charge in [-0.1, -0.05) is 43.7 Å². The van der Waals surface area contributed by atoms with Crippen LogP contribution in [0.3, 0.4) is 0 Å². The molecule has 0 saturated carbocycles. The highest BCUT2D eigenvalue weighted by atomic mass is 16.6. The number of non-ortho nitro benzene ring substituents is 1. The van der Waals surface area contributed by atoms with Crippen LogP contribution >= 0.6 is 0 Å². The second kappa shape index (κ2) is 10.5. The van der Waals surface area contributed by atoms with Crippen LogP contribution in [0.5, 0.6) is 0 Å². The molecular weight excluding hydrogens is 440 g/mol. The normalized spacial score (nSPS) is 10.6. The zero-order chi connectivity index (χ0) is 24.8. The number of aromatic nitrogens is 2. The summed E-state index contributed by atoms with van der Waals surface area (Å²) in [7, 11) is 1.58. The minimum atomic E-state index is -0.812. The molecule has 0 aliphatic heterocycles. The van der Waals surface area contributed by atoms with Gasteiger partial charge in [0.2, 0.25) is 0 Å². The molecule has 0 atom stereocenters. The molecule has 11 heteroatoms. The van der Waals surface area contributed by atoms with E-state index in [2.05, 4.69) is 10.3 Å². The molecule has 0 fully saturated rings. The van der Waals surface area contributed by atoms with Crippen LogP contribution in [0, 0.1) is 10.1 Å². The molecule has 0 spiro atoms. The third-order valence-corrected chi connectivity index (χ3v) is 5.36. The van der Waals surface area contributed by atoms with E-state index >= 15 is 0 Å². The van der Waals surface area contributed by atoms with Crippen LogP contribution in [0.2, 0.25) is 0 Å². The summed E-state index contributed by atoms with van der Waals surface area (Å²) in [5.74, 6) is -0.817. The number of aromatic amines is 1. The Hall–Kier alpha value is -4.41. The molecular formula is C23H26N6O5. The summed E-state index contributed by atoms with van der Waals surface area (Å²) < 4.78 is 1.19. The lowest BCUT2D eigenvalue weighted by molar-refractivity contribution is -0.384. The van der Waals surface area contributed by atoms with E-state index in [0.717, 1.165) is 11.6 Å². The van der Waals surface area contributed by atoms with Crippen molar-refractivity contribution in [2.45, 2.75) is 26.3 Å². The van der Waals surface area contributed by atoms with Gasteiger partial charge in [0, 0.05) is 31.4 Å². The molecule has 1 heterocycles. The van der Waals surface area contributed by atoms with Gasteiger partial charge in [-0.05, 0) is 18.1 Å². The maximum atomic E-state index is 13.6. The fourth-order valence-electron chi connectivity index (χ4n) is 3.58. The highest BCUT2D eigenvalue weighted by Crippen LogP contribution is 2.27. The monoisotopic (exact) mass is 466 g/mol. The van der Waals surface area contributed by atoms with Crippen LogP contribution in [0.4, 0.5) is 22.9 Å². The third-order valence-electron chi connectivity index (χ3n) is 5.36. The van der Waals surface area contributed by atoms with E-state index in [4.69, 9.17) is 5.73 Å². The van der Waals surface area contributed by atoms with E-state index in [9.17, 15) is 24.5 Å². The van der Waals surface area contributed by atoms with Crippen molar-refractivity contribution in [3.63, 3.8) is 0 Å². The highest BCUT2D eigenvalue weighted by Gasteiger charge is 2.27. The Labute approximate surface area is 195 Å². The van der Waals surface area contributed by atoms with Crippen LogP contribution in [0.1, 0.15) is 35.7 Å². The molecule has 0 unspecified atom stereocenters. The number of nitrogens with two attached hydrogens (primary N) is 1. The topological polar surface area (TPSA) is 156 Å². The van der Waals surface area contributed by atoms with Crippen molar-refractivity contribution in [3.05, 3.63) is 90.6 Å². The average Bonchev–Trinajstić information content (AvgIpc) is 2.83. The Bertz CT molecular complexity index is 1320. The first-order chi connectivity index (χ1) is 16.3. The number of nitrogen functional groups attached to an aromatic ring is 1. The molecule has 0 bridgehead atoms. The predicted molar refractivity (Wildman–Crippen MR) is 131 cm³/mol. The maximum Gasteiger partial charge on any atom is 0.330 e. The van der Waals surface area contributed by atoms with E-state index in [1.807, 2.05) is 25.1 Å². The lowest BCUT2D eigenvalue weighted by Gasteiger charge is -2.25. The summed E-state index contributed by atoms with van der Waals surface area (Å²) in [6.07, 6.45) is 1.24. The summed E-state index contributed by atoms with van der Waals surface area (Å²) in [4.78, 5) is 53.2. The van der Waals surface area contributed by atoms with Crippen molar-refractivity contribution in [1.82, 2.24) is 9.55 Å². The number of nitro groups is 1. The molecule has 1 aromatic heterocycles. The fraction of sp³-hybridized carbons (Fsp3) is 0.261. The lowest BCUT2D eigenvalue weighted by Crippen LogP contribution is -2.42. The number of nitro benzene ring substituents is 1. The number of amides is 1. The van der Waals surface area contributed by atoms with Crippen molar-refractivity contribution in [3.8, 4) is 0 Å². The van der Waals surface area contributed by atoms with Gasteiger partial charge in [-0.2, -0.15) is 0 Å². The van der Waals surface area contributed by atoms with Gasteiger partial charge in [-0.25, -0.2) is 4.79 Å². The Morgan fingerprint density at radius 3 is 2.53 bits per heavy atom. The van der Waals surface area contributed by atoms with Gasteiger partial charge in [0.15, 0.2) is 5.69 Å². The van der Waals surface area contributed by atoms with Crippen molar-refractivity contribution in [2.75, 3.05) is 29.5 Å². The Balaban J connectivity index is 2.17. The first-order valence-corrected chi connectivity index (χ1v) is 10.7. The summed E-state index contributed by atoms with van der Waals surface area (Å²) in [5.41, 5.74) is 5.46. The molecule has 4 N–H and O–H groups in total. The smallest absolute Gasteiger partial charge is 0.330 e. The molecule has 2 aromatic carbocycles. The average molecular weight is 466 g/mol. The minimum absolute atomic E-state index is 0.00686. The number of benzene rings is 2. The van der Waals surface area contributed by atoms with E-state index in [-0.39, 0.29) is 35.8 Å². The van der Waals surface area contributed by atoms with Crippen molar-refractivity contribution < 1.29 is 9.72 Å². The van der Waals surface area contributed by atoms with Gasteiger partial charge in [-0.15, -0.1) is 0 Å². The minimum Gasteiger partial charge on any atom is -0.387 e. The van der Waals surface area contributed by atoms with Crippen LogP contribution in [0.15, 0.2) is 58.1 Å². The largest absolute Gasteiger partial charge is 0.387 e. The number of rotatable bonds is 9. The molecule has 34 heavy (non-hydrogen) atoms. The predicted octanol–water partition coefficient (Wildman–Crippen LogP) is 2.56. The van der Waals surface area contributed by atoms with Gasteiger partial charge in [0.1, 0.15) is 5.82 Å². The van der Waals surface area contributed by atoms with Crippen molar-refractivity contribution in [1.29, 1.82) is 0 Å². The van der Waals surface area contributed by atoms with Crippen LogP contribution in [0.25, 0.3) is 0 Å².